The normalized spacial score (nSPS) is 10.1. The van der Waals surface area contributed by atoms with Crippen molar-refractivity contribution in [2.75, 3.05) is 11.0 Å². The van der Waals surface area contributed by atoms with Gasteiger partial charge in [0.1, 0.15) is 0 Å². The van der Waals surface area contributed by atoms with Crippen molar-refractivity contribution < 1.29 is 4.79 Å². The molecule has 1 amide bonds. The number of alkyl halides is 1. The summed E-state index contributed by atoms with van der Waals surface area (Å²) in [4.78, 5) is 11.6. The summed E-state index contributed by atoms with van der Waals surface area (Å²) in [6.07, 6.45) is 0.992. The fraction of sp³-hybridized carbons (Fsp3) is 0.364. The Morgan fingerprint density at radius 1 is 1.53 bits per heavy atom. The van der Waals surface area contributed by atoms with Crippen LogP contribution in [0.1, 0.15) is 22.3 Å². The SMILES string of the molecule is Cc1ccc(C(=O)NCCCI)cc1Cl. The minimum Gasteiger partial charge on any atom is -0.352 e. The number of amides is 1. The first-order valence-electron chi connectivity index (χ1n) is 4.75. The van der Waals surface area contributed by atoms with E-state index in [1.807, 2.05) is 13.0 Å². The van der Waals surface area contributed by atoms with E-state index in [0.717, 1.165) is 16.4 Å². The molecule has 0 atom stereocenters. The second-order valence-corrected chi connectivity index (χ2v) is 4.75. The van der Waals surface area contributed by atoms with Gasteiger partial charge in [0.15, 0.2) is 0 Å². The number of aryl methyl sites for hydroxylation is 1. The van der Waals surface area contributed by atoms with E-state index < -0.39 is 0 Å². The second-order valence-electron chi connectivity index (χ2n) is 3.26. The number of rotatable bonds is 4. The van der Waals surface area contributed by atoms with E-state index in [4.69, 9.17) is 11.6 Å². The van der Waals surface area contributed by atoms with Crippen LogP contribution >= 0.6 is 34.2 Å². The van der Waals surface area contributed by atoms with Gasteiger partial charge in [-0.25, -0.2) is 0 Å². The third kappa shape index (κ3) is 3.99. The summed E-state index contributed by atoms with van der Waals surface area (Å²) >= 11 is 8.22. The van der Waals surface area contributed by atoms with Crippen LogP contribution in [0.4, 0.5) is 0 Å². The van der Waals surface area contributed by atoms with Gasteiger partial charge in [-0.05, 0) is 31.0 Å². The average Bonchev–Trinajstić information content (AvgIpc) is 2.22. The Labute approximate surface area is 109 Å². The van der Waals surface area contributed by atoms with Crippen molar-refractivity contribution in [1.82, 2.24) is 5.32 Å². The largest absolute Gasteiger partial charge is 0.352 e. The molecule has 1 N–H and O–H groups in total. The summed E-state index contributed by atoms with van der Waals surface area (Å²) in [6, 6.07) is 5.35. The van der Waals surface area contributed by atoms with E-state index in [2.05, 4.69) is 27.9 Å². The Bertz CT molecular complexity index is 354. The van der Waals surface area contributed by atoms with Crippen LogP contribution in [0.5, 0.6) is 0 Å². The number of hydrogen-bond acceptors (Lipinski definition) is 1. The second kappa shape index (κ2) is 6.33. The molecular formula is C11H13ClINO. The first-order valence-corrected chi connectivity index (χ1v) is 6.66. The molecule has 15 heavy (non-hydrogen) atoms. The minimum atomic E-state index is -0.0539. The Hall–Kier alpha value is -0.290. The van der Waals surface area contributed by atoms with E-state index in [-0.39, 0.29) is 5.91 Å². The summed E-state index contributed by atoms with van der Waals surface area (Å²) in [5, 5.41) is 3.48. The maximum atomic E-state index is 11.6. The summed E-state index contributed by atoms with van der Waals surface area (Å²) in [5.41, 5.74) is 1.61. The van der Waals surface area contributed by atoms with Gasteiger partial charge in [0.05, 0.1) is 0 Å². The van der Waals surface area contributed by atoms with Crippen LogP contribution < -0.4 is 5.32 Å². The van der Waals surface area contributed by atoms with Gasteiger partial charge < -0.3 is 5.32 Å². The lowest BCUT2D eigenvalue weighted by atomic mass is 10.1. The Morgan fingerprint density at radius 2 is 2.27 bits per heavy atom. The monoisotopic (exact) mass is 337 g/mol. The van der Waals surface area contributed by atoms with Crippen LogP contribution in [0, 0.1) is 6.92 Å². The lowest BCUT2D eigenvalue weighted by Crippen LogP contribution is -2.24. The molecule has 1 aromatic carbocycles. The highest BCUT2D eigenvalue weighted by molar-refractivity contribution is 14.1. The van der Waals surface area contributed by atoms with Gasteiger partial charge >= 0.3 is 0 Å². The quantitative estimate of drug-likeness (QED) is 0.510. The van der Waals surface area contributed by atoms with Crippen molar-refractivity contribution in [2.45, 2.75) is 13.3 Å². The van der Waals surface area contributed by atoms with Crippen molar-refractivity contribution in [2.24, 2.45) is 0 Å². The zero-order valence-electron chi connectivity index (χ0n) is 8.52. The Balaban J connectivity index is 2.62. The number of hydrogen-bond donors (Lipinski definition) is 1. The number of carbonyl (C=O) groups is 1. The molecule has 0 unspecified atom stereocenters. The molecule has 0 aliphatic carbocycles. The molecule has 0 spiro atoms. The van der Waals surface area contributed by atoms with E-state index in [1.165, 1.54) is 0 Å². The standard InChI is InChI=1S/C11H13ClINO/c1-8-3-4-9(7-10(8)12)11(15)14-6-2-5-13/h3-4,7H,2,5-6H2,1H3,(H,14,15). The highest BCUT2D eigenvalue weighted by Gasteiger charge is 2.05. The maximum absolute atomic E-state index is 11.6. The molecule has 82 valence electrons. The van der Waals surface area contributed by atoms with Crippen LogP contribution in [0.3, 0.4) is 0 Å². The van der Waals surface area contributed by atoms with Crippen molar-refractivity contribution in [1.29, 1.82) is 0 Å². The summed E-state index contributed by atoms with van der Waals surface area (Å²) in [6.45, 7) is 2.63. The van der Waals surface area contributed by atoms with E-state index in [0.29, 0.717) is 17.1 Å². The van der Waals surface area contributed by atoms with Crippen LogP contribution in [0.2, 0.25) is 5.02 Å². The minimum absolute atomic E-state index is 0.0539. The maximum Gasteiger partial charge on any atom is 0.251 e. The average molecular weight is 338 g/mol. The van der Waals surface area contributed by atoms with Crippen molar-refractivity contribution in [3.63, 3.8) is 0 Å². The fourth-order valence-electron chi connectivity index (χ4n) is 1.10. The van der Waals surface area contributed by atoms with E-state index in [1.54, 1.807) is 12.1 Å². The molecule has 0 bridgehead atoms. The fourth-order valence-corrected chi connectivity index (χ4v) is 1.67. The molecule has 2 nitrogen and oxygen atoms in total. The molecule has 0 aliphatic rings. The van der Waals surface area contributed by atoms with Crippen molar-refractivity contribution in [3.05, 3.63) is 34.3 Å². The first-order chi connectivity index (χ1) is 7.15. The van der Waals surface area contributed by atoms with E-state index >= 15 is 0 Å². The van der Waals surface area contributed by atoms with E-state index in [9.17, 15) is 4.79 Å². The first kappa shape index (κ1) is 12.8. The third-order valence-corrected chi connectivity index (χ3v) is 3.20. The molecule has 0 fully saturated rings. The summed E-state index contributed by atoms with van der Waals surface area (Å²) in [5.74, 6) is -0.0539. The molecule has 0 saturated heterocycles. The summed E-state index contributed by atoms with van der Waals surface area (Å²) < 4.78 is 1.05. The lowest BCUT2D eigenvalue weighted by molar-refractivity contribution is 0.0954. The topological polar surface area (TPSA) is 29.1 Å². The number of nitrogens with one attached hydrogen (secondary N) is 1. The van der Waals surface area contributed by atoms with Crippen LogP contribution in [-0.4, -0.2) is 16.9 Å². The highest BCUT2D eigenvalue weighted by atomic mass is 127. The van der Waals surface area contributed by atoms with Crippen LogP contribution in [0.15, 0.2) is 18.2 Å². The number of halogens is 2. The Kier molecular flexibility index (Phi) is 5.39. The van der Waals surface area contributed by atoms with Gasteiger partial charge in [0.2, 0.25) is 0 Å². The van der Waals surface area contributed by atoms with Gasteiger partial charge in [0, 0.05) is 21.6 Å². The highest BCUT2D eigenvalue weighted by Crippen LogP contribution is 2.16. The molecule has 4 heteroatoms. The molecule has 0 radical (unpaired) electrons. The van der Waals surface area contributed by atoms with Crippen LogP contribution in [0.25, 0.3) is 0 Å². The van der Waals surface area contributed by atoms with Gasteiger partial charge in [0.25, 0.3) is 5.91 Å². The molecule has 0 saturated carbocycles. The molecule has 1 aromatic rings. The number of benzene rings is 1. The lowest BCUT2D eigenvalue weighted by Gasteiger charge is -2.05. The molecule has 1 rings (SSSR count). The van der Waals surface area contributed by atoms with Gasteiger partial charge in [-0.15, -0.1) is 0 Å². The Morgan fingerprint density at radius 3 is 2.87 bits per heavy atom. The third-order valence-electron chi connectivity index (χ3n) is 2.03. The summed E-state index contributed by atoms with van der Waals surface area (Å²) in [7, 11) is 0. The predicted octanol–water partition coefficient (Wildman–Crippen LogP) is 3.20. The van der Waals surface area contributed by atoms with Crippen molar-refractivity contribution >= 4 is 40.1 Å². The molecule has 0 heterocycles. The van der Waals surface area contributed by atoms with Crippen LogP contribution in [-0.2, 0) is 0 Å². The zero-order chi connectivity index (χ0) is 11.3. The van der Waals surface area contributed by atoms with Gasteiger partial charge in [-0.3, -0.25) is 4.79 Å². The van der Waals surface area contributed by atoms with Gasteiger partial charge in [-0.1, -0.05) is 40.3 Å². The zero-order valence-corrected chi connectivity index (χ0v) is 11.4. The molecular weight excluding hydrogens is 324 g/mol. The van der Waals surface area contributed by atoms with Crippen molar-refractivity contribution in [3.8, 4) is 0 Å². The molecule has 0 aliphatic heterocycles. The smallest absolute Gasteiger partial charge is 0.251 e. The van der Waals surface area contributed by atoms with Gasteiger partial charge in [-0.2, -0.15) is 0 Å². The molecule has 0 aromatic heterocycles. The number of carbonyl (C=O) groups excluding carboxylic acids is 1. The predicted molar refractivity (Wildman–Crippen MR) is 72.0 cm³/mol.